The number of anilines is 1. The van der Waals surface area contributed by atoms with Gasteiger partial charge in [-0.05, 0) is 25.0 Å². The van der Waals surface area contributed by atoms with Gasteiger partial charge in [-0.1, -0.05) is 25.6 Å². The molecule has 0 aromatic carbocycles. The lowest BCUT2D eigenvalue weighted by Crippen LogP contribution is -2.37. The molecule has 0 radical (unpaired) electrons. The first kappa shape index (κ1) is 13.8. The molecule has 0 aliphatic rings. The summed E-state index contributed by atoms with van der Waals surface area (Å²) in [5.41, 5.74) is 6.35. The number of carbonyl (C=O) groups is 1. The van der Waals surface area contributed by atoms with Crippen LogP contribution in [0.3, 0.4) is 0 Å². The van der Waals surface area contributed by atoms with Gasteiger partial charge in [-0.3, -0.25) is 4.79 Å². The first-order valence-corrected chi connectivity index (χ1v) is 6.62. The molecular weight excluding hydrogens is 234 g/mol. The number of thioether (sulfide) groups is 1. The van der Waals surface area contributed by atoms with Gasteiger partial charge in [-0.25, -0.2) is 4.98 Å². The zero-order chi connectivity index (χ0) is 12.8. The Hall–Kier alpha value is -1.23. The lowest BCUT2D eigenvalue weighted by Gasteiger charge is -2.17. The maximum Gasteiger partial charge on any atom is 0.230 e. The van der Waals surface area contributed by atoms with Gasteiger partial charge in [-0.2, -0.15) is 0 Å². The van der Waals surface area contributed by atoms with Crippen LogP contribution in [0.4, 0.5) is 5.69 Å². The number of nitrogens with two attached hydrogens (primary N) is 1. The molecule has 0 spiro atoms. The van der Waals surface area contributed by atoms with Crippen LogP contribution in [-0.2, 0) is 4.79 Å². The predicted octanol–water partition coefficient (Wildman–Crippen LogP) is 1.92. The van der Waals surface area contributed by atoms with Gasteiger partial charge >= 0.3 is 0 Å². The molecule has 94 valence electrons. The van der Waals surface area contributed by atoms with E-state index in [-0.39, 0.29) is 11.9 Å². The summed E-state index contributed by atoms with van der Waals surface area (Å²) in [6, 6.07) is 3.74. The summed E-state index contributed by atoms with van der Waals surface area (Å²) in [7, 11) is 0. The van der Waals surface area contributed by atoms with E-state index in [1.807, 2.05) is 6.92 Å². The largest absolute Gasteiger partial charge is 0.397 e. The van der Waals surface area contributed by atoms with E-state index >= 15 is 0 Å². The van der Waals surface area contributed by atoms with Crippen LogP contribution in [0.25, 0.3) is 0 Å². The van der Waals surface area contributed by atoms with Crippen LogP contribution in [0.5, 0.6) is 0 Å². The quantitative estimate of drug-likeness (QED) is 0.787. The maximum atomic E-state index is 11.6. The van der Waals surface area contributed by atoms with E-state index in [9.17, 15) is 4.79 Å². The monoisotopic (exact) mass is 253 g/mol. The van der Waals surface area contributed by atoms with Crippen molar-refractivity contribution in [1.82, 2.24) is 10.3 Å². The van der Waals surface area contributed by atoms with Crippen LogP contribution in [0.1, 0.15) is 20.8 Å². The van der Waals surface area contributed by atoms with E-state index in [2.05, 4.69) is 24.1 Å². The first-order valence-electron chi connectivity index (χ1n) is 5.63. The zero-order valence-electron chi connectivity index (χ0n) is 10.4. The van der Waals surface area contributed by atoms with Gasteiger partial charge < -0.3 is 11.1 Å². The minimum absolute atomic E-state index is 0.0150. The molecule has 1 atom stereocenters. The highest BCUT2D eigenvalue weighted by molar-refractivity contribution is 8.00. The molecular formula is C12H19N3OS. The fourth-order valence-corrected chi connectivity index (χ4v) is 1.84. The van der Waals surface area contributed by atoms with E-state index < -0.39 is 0 Å². The Bertz CT molecular complexity index is 382. The lowest BCUT2D eigenvalue weighted by atomic mass is 10.1. The van der Waals surface area contributed by atoms with Crippen molar-refractivity contribution in [2.24, 2.45) is 5.92 Å². The van der Waals surface area contributed by atoms with Crippen molar-refractivity contribution in [3.05, 3.63) is 18.3 Å². The Balaban J connectivity index is 2.41. The summed E-state index contributed by atoms with van der Waals surface area (Å²) in [4.78, 5) is 15.8. The SMILES string of the molecule is CC(C)C(C)NC(=O)CSc1ncccc1N. The van der Waals surface area contributed by atoms with E-state index in [4.69, 9.17) is 5.73 Å². The van der Waals surface area contributed by atoms with Gasteiger partial charge in [0, 0.05) is 12.2 Å². The third-order valence-electron chi connectivity index (χ3n) is 2.53. The third kappa shape index (κ3) is 4.65. The van der Waals surface area contributed by atoms with Crippen LogP contribution in [0.15, 0.2) is 23.4 Å². The van der Waals surface area contributed by atoms with Gasteiger partial charge in [0.2, 0.25) is 5.91 Å². The van der Waals surface area contributed by atoms with E-state index in [1.165, 1.54) is 11.8 Å². The Labute approximate surface area is 106 Å². The molecule has 0 aliphatic heterocycles. The number of nitrogen functional groups attached to an aromatic ring is 1. The molecule has 1 aromatic rings. The van der Waals surface area contributed by atoms with Crippen molar-refractivity contribution >= 4 is 23.4 Å². The number of hydrogen-bond donors (Lipinski definition) is 2. The van der Waals surface area contributed by atoms with Crippen LogP contribution in [-0.4, -0.2) is 22.7 Å². The standard InChI is InChI=1S/C12H19N3OS/c1-8(2)9(3)15-11(16)7-17-12-10(13)5-4-6-14-12/h4-6,8-9H,7,13H2,1-3H3,(H,15,16). The van der Waals surface area contributed by atoms with E-state index in [0.29, 0.717) is 22.4 Å². The molecule has 3 N–H and O–H groups in total. The fraction of sp³-hybridized carbons (Fsp3) is 0.500. The van der Waals surface area contributed by atoms with Crippen molar-refractivity contribution in [2.75, 3.05) is 11.5 Å². The molecule has 0 bridgehead atoms. The highest BCUT2D eigenvalue weighted by Gasteiger charge is 2.11. The number of amides is 1. The molecule has 0 saturated heterocycles. The molecule has 1 heterocycles. The van der Waals surface area contributed by atoms with Crippen molar-refractivity contribution in [3.63, 3.8) is 0 Å². The number of nitrogens with one attached hydrogen (secondary N) is 1. The van der Waals surface area contributed by atoms with E-state index in [1.54, 1.807) is 18.3 Å². The number of rotatable bonds is 5. The van der Waals surface area contributed by atoms with Crippen molar-refractivity contribution in [3.8, 4) is 0 Å². The molecule has 1 amide bonds. The molecule has 1 rings (SSSR count). The van der Waals surface area contributed by atoms with Crippen molar-refractivity contribution < 1.29 is 4.79 Å². The van der Waals surface area contributed by atoms with Gasteiger partial charge in [0.05, 0.1) is 11.4 Å². The molecule has 1 unspecified atom stereocenters. The van der Waals surface area contributed by atoms with Crippen LogP contribution < -0.4 is 11.1 Å². The fourth-order valence-electron chi connectivity index (χ4n) is 1.12. The molecule has 0 fully saturated rings. The van der Waals surface area contributed by atoms with Crippen LogP contribution >= 0.6 is 11.8 Å². The van der Waals surface area contributed by atoms with E-state index in [0.717, 1.165) is 0 Å². The number of nitrogens with zero attached hydrogens (tertiary/aromatic N) is 1. The van der Waals surface area contributed by atoms with Crippen LogP contribution in [0, 0.1) is 5.92 Å². The van der Waals surface area contributed by atoms with Gasteiger partial charge in [0.15, 0.2) is 0 Å². The summed E-state index contributed by atoms with van der Waals surface area (Å²) in [6.45, 7) is 6.16. The Kier molecular flexibility index (Phi) is 5.28. The molecule has 0 aliphatic carbocycles. The number of carbonyl (C=O) groups excluding carboxylic acids is 1. The molecule has 0 saturated carbocycles. The van der Waals surface area contributed by atoms with Gasteiger partial charge in [0.25, 0.3) is 0 Å². The Morgan fingerprint density at radius 2 is 2.24 bits per heavy atom. The lowest BCUT2D eigenvalue weighted by molar-refractivity contribution is -0.119. The first-order chi connectivity index (χ1) is 8.00. The highest BCUT2D eigenvalue weighted by Crippen LogP contribution is 2.21. The summed E-state index contributed by atoms with van der Waals surface area (Å²) >= 11 is 1.36. The van der Waals surface area contributed by atoms with Crippen LogP contribution in [0.2, 0.25) is 0 Å². The second-order valence-electron chi connectivity index (χ2n) is 4.29. The number of aromatic nitrogens is 1. The minimum atomic E-state index is 0.0150. The minimum Gasteiger partial charge on any atom is -0.397 e. The van der Waals surface area contributed by atoms with Gasteiger partial charge in [-0.15, -0.1) is 0 Å². The highest BCUT2D eigenvalue weighted by atomic mass is 32.2. The summed E-state index contributed by atoms with van der Waals surface area (Å²) in [6.07, 6.45) is 1.67. The summed E-state index contributed by atoms with van der Waals surface area (Å²) in [5.74, 6) is 0.795. The molecule has 5 heteroatoms. The Morgan fingerprint density at radius 1 is 1.53 bits per heavy atom. The molecule has 17 heavy (non-hydrogen) atoms. The smallest absolute Gasteiger partial charge is 0.230 e. The zero-order valence-corrected chi connectivity index (χ0v) is 11.3. The maximum absolute atomic E-state index is 11.6. The predicted molar refractivity (Wildman–Crippen MR) is 71.8 cm³/mol. The topological polar surface area (TPSA) is 68.0 Å². The second kappa shape index (κ2) is 6.49. The third-order valence-corrected chi connectivity index (χ3v) is 3.55. The molecule has 1 aromatic heterocycles. The van der Waals surface area contributed by atoms with Crippen molar-refractivity contribution in [1.29, 1.82) is 0 Å². The second-order valence-corrected chi connectivity index (χ2v) is 5.25. The summed E-state index contributed by atoms with van der Waals surface area (Å²) < 4.78 is 0. The van der Waals surface area contributed by atoms with Crippen molar-refractivity contribution in [2.45, 2.75) is 31.8 Å². The van der Waals surface area contributed by atoms with Gasteiger partial charge in [0.1, 0.15) is 5.03 Å². The average molecular weight is 253 g/mol. The molecule has 4 nitrogen and oxygen atoms in total. The summed E-state index contributed by atoms with van der Waals surface area (Å²) in [5, 5.41) is 3.65. The normalized spacial score (nSPS) is 12.5. The average Bonchev–Trinajstić information content (AvgIpc) is 2.27. The number of hydrogen-bond acceptors (Lipinski definition) is 4. The number of pyridine rings is 1. The Morgan fingerprint density at radius 3 is 2.82 bits per heavy atom.